The smallest absolute Gasteiger partial charge is 0.0969 e. The van der Waals surface area contributed by atoms with Crippen LogP contribution in [0.15, 0.2) is 12.1 Å². The topological polar surface area (TPSA) is 24.5 Å². The van der Waals surface area contributed by atoms with E-state index in [1.54, 1.807) is 0 Å². The standard InChI is InChI=1S/C14H22N2O/c1-10-7-12(14-9-15-5-6-17-14)13(16(3)4)8-11(10)2/h7-8,14-15H,5-6,9H2,1-4H3. The summed E-state index contributed by atoms with van der Waals surface area (Å²) in [6.07, 6.45) is 0.181. The minimum absolute atomic E-state index is 0.181. The van der Waals surface area contributed by atoms with Crippen LogP contribution in [0.2, 0.25) is 0 Å². The second kappa shape index (κ2) is 5.07. The quantitative estimate of drug-likeness (QED) is 0.847. The number of rotatable bonds is 2. The van der Waals surface area contributed by atoms with E-state index in [9.17, 15) is 0 Å². The zero-order chi connectivity index (χ0) is 12.4. The SMILES string of the molecule is Cc1cc(C2CNCCO2)c(N(C)C)cc1C. The molecule has 1 saturated heterocycles. The highest BCUT2D eigenvalue weighted by atomic mass is 16.5. The summed E-state index contributed by atoms with van der Waals surface area (Å²) in [5, 5.41) is 3.39. The molecule has 1 aromatic carbocycles. The van der Waals surface area contributed by atoms with Gasteiger partial charge in [0.2, 0.25) is 0 Å². The molecule has 94 valence electrons. The fraction of sp³-hybridized carbons (Fsp3) is 0.571. The Morgan fingerprint density at radius 1 is 1.24 bits per heavy atom. The summed E-state index contributed by atoms with van der Waals surface area (Å²) in [7, 11) is 4.17. The number of anilines is 1. The molecule has 1 aliphatic rings. The van der Waals surface area contributed by atoms with Crippen molar-refractivity contribution in [1.82, 2.24) is 5.32 Å². The number of morpholine rings is 1. The third-order valence-electron chi connectivity index (χ3n) is 3.40. The Hall–Kier alpha value is -1.06. The summed E-state index contributed by atoms with van der Waals surface area (Å²) in [4.78, 5) is 2.17. The van der Waals surface area contributed by atoms with Gasteiger partial charge in [-0.2, -0.15) is 0 Å². The Balaban J connectivity index is 2.39. The van der Waals surface area contributed by atoms with Gasteiger partial charge in [-0.15, -0.1) is 0 Å². The van der Waals surface area contributed by atoms with E-state index in [4.69, 9.17) is 4.74 Å². The molecule has 3 nitrogen and oxygen atoms in total. The molecule has 17 heavy (non-hydrogen) atoms. The zero-order valence-electron chi connectivity index (χ0n) is 11.2. The minimum Gasteiger partial charge on any atom is -0.377 e. The average Bonchev–Trinajstić information content (AvgIpc) is 2.33. The van der Waals surface area contributed by atoms with Gasteiger partial charge in [0.05, 0.1) is 12.7 Å². The summed E-state index contributed by atoms with van der Waals surface area (Å²) in [5.41, 5.74) is 5.23. The normalized spacial score (nSPS) is 20.4. The van der Waals surface area contributed by atoms with E-state index in [0.29, 0.717) is 0 Å². The maximum atomic E-state index is 5.86. The number of hydrogen-bond donors (Lipinski definition) is 1. The van der Waals surface area contributed by atoms with Crippen molar-refractivity contribution >= 4 is 5.69 Å². The van der Waals surface area contributed by atoms with Gasteiger partial charge in [-0.1, -0.05) is 6.07 Å². The lowest BCUT2D eigenvalue weighted by Crippen LogP contribution is -2.34. The molecule has 0 saturated carbocycles. The molecule has 1 atom stereocenters. The van der Waals surface area contributed by atoms with E-state index < -0.39 is 0 Å². The molecule has 1 aromatic rings. The van der Waals surface area contributed by atoms with Crippen molar-refractivity contribution in [3.8, 4) is 0 Å². The fourth-order valence-corrected chi connectivity index (χ4v) is 2.23. The number of hydrogen-bond acceptors (Lipinski definition) is 3. The third-order valence-corrected chi connectivity index (χ3v) is 3.40. The van der Waals surface area contributed by atoms with Gasteiger partial charge < -0.3 is 15.0 Å². The van der Waals surface area contributed by atoms with Gasteiger partial charge in [0.15, 0.2) is 0 Å². The first-order valence-corrected chi connectivity index (χ1v) is 6.20. The van der Waals surface area contributed by atoms with Crippen LogP contribution < -0.4 is 10.2 Å². The number of benzene rings is 1. The summed E-state index contributed by atoms with van der Waals surface area (Å²) in [5.74, 6) is 0. The maximum absolute atomic E-state index is 5.86. The lowest BCUT2D eigenvalue weighted by atomic mass is 9.99. The molecule has 1 aliphatic heterocycles. The lowest BCUT2D eigenvalue weighted by Gasteiger charge is -2.28. The van der Waals surface area contributed by atoms with Gasteiger partial charge in [0.25, 0.3) is 0 Å². The van der Waals surface area contributed by atoms with Gasteiger partial charge in [-0.25, -0.2) is 0 Å². The Labute approximate surface area is 104 Å². The van der Waals surface area contributed by atoms with Crippen molar-refractivity contribution < 1.29 is 4.74 Å². The van der Waals surface area contributed by atoms with Gasteiger partial charge in [0, 0.05) is 38.4 Å². The van der Waals surface area contributed by atoms with Crippen molar-refractivity contribution in [2.45, 2.75) is 20.0 Å². The van der Waals surface area contributed by atoms with Gasteiger partial charge in [-0.05, 0) is 31.0 Å². The van der Waals surface area contributed by atoms with E-state index in [-0.39, 0.29) is 6.10 Å². The molecule has 0 radical (unpaired) electrons. The molecule has 0 aliphatic carbocycles. The Morgan fingerprint density at radius 2 is 1.94 bits per heavy atom. The van der Waals surface area contributed by atoms with E-state index in [1.165, 1.54) is 22.4 Å². The molecule has 1 fully saturated rings. The number of nitrogens with one attached hydrogen (secondary N) is 1. The van der Waals surface area contributed by atoms with Crippen LogP contribution in [-0.4, -0.2) is 33.8 Å². The molecular formula is C14H22N2O. The molecule has 1 unspecified atom stereocenters. The zero-order valence-corrected chi connectivity index (χ0v) is 11.2. The van der Waals surface area contributed by atoms with Gasteiger partial charge in [-0.3, -0.25) is 0 Å². The highest BCUT2D eigenvalue weighted by molar-refractivity contribution is 5.57. The van der Waals surface area contributed by atoms with Crippen molar-refractivity contribution in [2.75, 3.05) is 38.7 Å². The molecule has 1 heterocycles. The van der Waals surface area contributed by atoms with Crippen molar-refractivity contribution in [3.05, 3.63) is 28.8 Å². The highest BCUT2D eigenvalue weighted by Crippen LogP contribution is 2.31. The highest BCUT2D eigenvalue weighted by Gasteiger charge is 2.20. The van der Waals surface area contributed by atoms with Crippen molar-refractivity contribution in [1.29, 1.82) is 0 Å². The second-order valence-corrected chi connectivity index (χ2v) is 4.95. The molecule has 2 rings (SSSR count). The Bertz CT molecular complexity index is 395. The van der Waals surface area contributed by atoms with Crippen LogP contribution >= 0.6 is 0 Å². The number of aryl methyl sites for hydroxylation is 2. The van der Waals surface area contributed by atoms with Crippen LogP contribution in [0.25, 0.3) is 0 Å². The third kappa shape index (κ3) is 2.61. The molecule has 1 N–H and O–H groups in total. The lowest BCUT2D eigenvalue weighted by molar-refractivity contribution is 0.0280. The van der Waals surface area contributed by atoms with Gasteiger partial charge >= 0.3 is 0 Å². The summed E-state index contributed by atoms with van der Waals surface area (Å²) in [6.45, 7) is 6.98. The molecular weight excluding hydrogens is 212 g/mol. The average molecular weight is 234 g/mol. The van der Waals surface area contributed by atoms with Crippen LogP contribution in [-0.2, 0) is 4.74 Å². The molecule has 0 bridgehead atoms. The van der Waals surface area contributed by atoms with E-state index in [1.807, 2.05) is 0 Å². The molecule has 0 spiro atoms. The first kappa shape index (κ1) is 12.4. The Morgan fingerprint density at radius 3 is 2.53 bits per heavy atom. The number of nitrogens with zero attached hydrogens (tertiary/aromatic N) is 1. The fourth-order valence-electron chi connectivity index (χ4n) is 2.23. The second-order valence-electron chi connectivity index (χ2n) is 4.95. The van der Waals surface area contributed by atoms with E-state index in [0.717, 1.165) is 19.7 Å². The Kier molecular flexibility index (Phi) is 3.69. The summed E-state index contributed by atoms with van der Waals surface area (Å²) < 4.78 is 5.86. The predicted molar refractivity (Wildman–Crippen MR) is 71.8 cm³/mol. The molecule has 3 heteroatoms. The largest absolute Gasteiger partial charge is 0.377 e. The first-order valence-electron chi connectivity index (χ1n) is 6.20. The van der Waals surface area contributed by atoms with Crippen molar-refractivity contribution in [2.24, 2.45) is 0 Å². The minimum atomic E-state index is 0.181. The summed E-state index contributed by atoms with van der Waals surface area (Å²) in [6, 6.07) is 4.52. The number of ether oxygens (including phenoxy) is 1. The van der Waals surface area contributed by atoms with Crippen molar-refractivity contribution in [3.63, 3.8) is 0 Å². The van der Waals surface area contributed by atoms with E-state index in [2.05, 4.69) is 50.3 Å². The monoisotopic (exact) mass is 234 g/mol. The van der Waals surface area contributed by atoms with Crippen LogP contribution in [0.1, 0.15) is 22.8 Å². The van der Waals surface area contributed by atoms with Crippen LogP contribution in [0.5, 0.6) is 0 Å². The maximum Gasteiger partial charge on any atom is 0.0969 e. The van der Waals surface area contributed by atoms with E-state index >= 15 is 0 Å². The molecule has 0 aromatic heterocycles. The predicted octanol–water partition coefficient (Wildman–Crippen LogP) is 2.03. The van der Waals surface area contributed by atoms with Gasteiger partial charge in [0.1, 0.15) is 0 Å². The summed E-state index contributed by atoms with van der Waals surface area (Å²) >= 11 is 0. The van der Waals surface area contributed by atoms with Crippen LogP contribution in [0.4, 0.5) is 5.69 Å². The van der Waals surface area contributed by atoms with Crippen LogP contribution in [0.3, 0.4) is 0 Å². The molecule has 0 amide bonds. The first-order chi connectivity index (χ1) is 8.09. The van der Waals surface area contributed by atoms with Crippen LogP contribution in [0, 0.1) is 13.8 Å².